The van der Waals surface area contributed by atoms with E-state index < -0.39 is 16.1 Å². The van der Waals surface area contributed by atoms with Gasteiger partial charge in [-0.05, 0) is 17.7 Å². The number of benzene rings is 1. The van der Waals surface area contributed by atoms with Crippen LogP contribution in [0.5, 0.6) is 0 Å². The number of sulfonamides is 1. The van der Waals surface area contributed by atoms with E-state index in [4.69, 9.17) is 5.14 Å². The lowest BCUT2D eigenvalue weighted by Crippen LogP contribution is -2.35. The first-order valence-electron chi connectivity index (χ1n) is 5.55. The second-order valence-corrected chi connectivity index (χ2v) is 5.80. The molecule has 2 rings (SSSR count). The van der Waals surface area contributed by atoms with Crippen molar-refractivity contribution >= 4 is 21.8 Å². The van der Waals surface area contributed by atoms with Gasteiger partial charge in [-0.2, -0.15) is 0 Å². The Labute approximate surface area is 110 Å². The van der Waals surface area contributed by atoms with Gasteiger partial charge in [-0.15, -0.1) is 0 Å². The molecule has 1 aliphatic rings. The number of nitrogens with two attached hydrogens (primary N) is 1. The summed E-state index contributed by atoms with van der Waals surface area (Å²) >= 11 is 0. The summed E-state index contributed by atoms with van der Waals surface area (Å²) < 4.78 is 22.4. The van der Waals surface area contributed by atoms with Gasteiger partial charge < -0.3 is 5.32 Å². The quantitative estimate of drug-likeness (QED) is 0.602. The second-order valence-electron chi connectivity index (χ2n) is 4.24. The zero-order chi connectivity index (χ0) is 14.0. The summed E-state index contributed by atoms with van der Waals surface area (Å²) in [6.45, 7) is 0.273. The van der Waals surface area contributed by atoms with Crippen molar-refractivity contribution in [1.82, 2.24) is 10.6 Å². The minimum absolute atomic E-state index is 0.0127. The predicted octanol–water partition coefficient (Wildman–Crippen LogP) is -1.16. The molecule has 0 radical (unpaired) electrons. The van der Waals surface area contributed by atoms with Crippen LogP contribution in [0.3, 0.4) is 0 Å². The van der Waals surface area contributed by atoms with E-state index in [1.807, 2.05) is 0 Å². The number of primary sulfonamides is 1. The largest absolute Gasteiger partial charge is 0.301 e. The molecule has 2 amide bonds. The standard InChI is InChI=1S/C11H13N3O4S/c12-19(17,18)8-3-1-2-7(4-8)6-13-9-5-10(15)14-11(9)16/h1-4,9,13H,5-6H2,(H2,12,17,18)(H,14,15,16). The van der Waals surface area contributed by atoms with Crippen LogP contribution < -0.4 is 15.8 Å². The van der Waals surface area contributed by atoms with Crippen molar-refractivity contribution in [3.8, 4) is 0 Å². The maximum atomic E-state index is 11.3. The minimum atomic E-state index is -3.74. The lowest BCUT2D eigenvalue weighted by atomic mass is 10.2. The maximum Gasteiger partial charge on any atom is 0.244 e. The van der Waals surface area contributed by atoms with E-state index in [1.165, 1.54) is 12.1 Å². The van der Waals surface area contributed by atoms with Crippen LogP contribution in [0.4, 0.5) is 0 Å². The zero-order valence-corrected chi connectivity index (χ0v) is 10.7. The van der Waals surface area contributed by atoms with Crippen molar-refractivity contribution in [2.24, 2.45) is 5.14 Å². The number of hydrogen-bond acceptors (Lipinski definition) is 5. The number of nitrogens with one attached hydrogen (secondary N) is 2. The molecule has 8 heteroatoms. The fourth-order valence-corrected chi connectivity index (χ4v) is 2.38. The molecule has 1 heterocycles. The molecular weight excluding hydrogens is 270 g/mol. The van der Waals surface area contributed by atoms with Crippen molar-refractivity contribution in [3.05, 3.63) is 29.8 Å². The van der Waals surface area contributed by atoms with Crippen molar-refractivity contribution in [2.75, 3.05) is 0 Å². The molecule has 1 saturated heterocycles. The molecular formula is C11H13N3O4S. The highest BCUT2D eigenvalue weighted by molar-refractivity contribution is 7.89. The zero-order valence-electron chi connectivity index (χ0n) is 9.92. The molecule has 1 aliphatic heterocycles. The topological polar surface area (TPSA) is 118 Å². The molecule has 19 heavy (non-hydrogen) atoms. The van der Waals surface area contributed by atoms with Gasteiger partial charge in [0.1, 0.15) is 0 Å². The molecule has 1 fully saturated rings. The highest BCUT2D eigenvalue weighted by atomic mass is 32.2. The van der Waals surface area contributed by atoms with E-state index in [0.29, 0.717) is 5.56 Å². The first kappa shape index (κ1) is 13.7. The Bertz CT molecular complexity index is 627. The van der Waals surface area contributed by atoms with Crippen molar-refractivity contribution in [2.45, 2.75) is 23.9 Å². The van der Waals surface area contributed by atoms with Crippen LogP contribution in [0.25, 0.3) is 0 Å². The van der Waals surface area contributed by atoms with Gasteiger partial charge in [0.2, 0.25) is 21.8 Å². The van der Waals surface area contributed by atoms with Crippen LogP contribution in [0.1, 0.15) is 12.0 Å². The number of hydrogen-bond donors (Lipinski definition) is 3. The van der Waals surface area contributed by atoms with Crippen LogP contribution in [0.2, 0.25) is 0 Å². The third-order valence-electron chi connectivity index (χ3n) is 2.75. The Hall–Kier alpha value is -1.77. The highest BCUT2D eigenvalue weighted by Gasteiger charge is 2.29. The molecule has 4 N–H and O–H groups in total. The van der Waals surface area contributed by atoms with E-state index in [1.54, 1.807) is 12.1 Å². The Morgan fingerprint density at radius 1 is 1.37 bits per heavy atom. The van der Waals surface area contributed by atoms with Crippen molar-refractivity contribution in [3.63, 3.8) is 0 Å². The summed E-state index contributed by atoms with van der Waals surface area (Å²) in [6, 6.07) is 5.51. The van der Waals surface area contributed by atoms with Gasteiger partial charge in [-0.1, -0.05) is 12.1 Å². The number of carbonyl (C=O) groups is 2. The van der Waals surface area contributed by atoms with Crippen LogP contribution in [0, 0.1) is 0 Å². The Morgan fingerprint density at radius 2 is 2.11 bits per heavy atom. The minimum Gasteiger partial charge on any atom is -0.301 e. The first-order valence-corrected chi connectivity index (χ1v) is 7.10. The summed E-state index contributed by atoms with van der Waals surface area (Å²) in [5.74, 6) is -0.687. The van der Waals surface area contributed by atoms with Crippen molar-refractivity contribution < 1.29 is 18.0 Å². The third-order valence-corrected chi connectivity index (χ3v) is 3.66. The predicted molar refractivity (Wildman–Crippen MR) is 66.2 cm³/mol. The van der Waals surface area contributed by atoms with E-state index in [0.717, 1.165) is 0 Å². The van der Waals surface area contributed by atoms with E-state index in [9.17, 15) is 18.0 Å². The van der Waals surface area contributed by atoms with Gasteiger partial charge in [-0.25, -0.2) is 13.6 Å². The van der Waals surface area contributed by atoms with Gasteiger partial charge in [0.25, 0.3) is 0 Å². The molecule has 0 bridgehead atoms. The molecule has 102 valence electrons. The van der Waals surface area contributed by atoms with Crippen LogP contribution in [-0.4, -0.2) is 26.3 Å². The van der Waals surface area contributed by atoms with Crippen LogP contribution in [0.15, 0.2) is 29.2 Å². The van der Waals surface area contributed by atoms with E-state index >= 15 is 0 Å². The number of amides is 2. The van der Waals surface area contributed by atoms with Crippen LogP contribution >= 0.6 is 0 Å². The second kappa shape index (κ2) is 5.08. The number of rotatable bonds is 4. The number of imide groups is 1. The van der Waals surface area contributed by atoms with Crippen LogP contribution in [-0.2, 0) is 26.2 Å². The highest BCUT2D eigenvalue weighted by Crippen LogP contribution is 2.10. The van der Waals surface area contributed by atoms with E-state index in [-0.39, 0.29) is 29.7 Å². The average molecular weight is 283 g/mol. The normalized spacial score (nSPS) is 19.5. The summed E-state index contributed by atoms with van der Waals surface area (Å²) in [5.41, 5.74) is 0.665. The Kier molecular flexibility index (Phi) is 3.65. The van der Waals surface area contributed by atoms with Gasteiger partial charge in [0.15, 0.2) is 0 Å². The molecule has 1 atom stereocenters. The molecule has 7 nitrogen and oxygen atoms in total. The smallest absolute Gasteiger partial charge is 0.244 e. The van der Waals surface area contributed by atoms with Gasteiger partial charge in [-0.3, -0.25) is 14.9 Å². The summed E-state index contributed by atoms with van der Waals surface area (Å²) in [5, 5.41) is 10.1. The monoisotopic (exact) mass is 283 g/mol. The van der Waals surface area contributed by atoms with E-state index in [2.05, 4.69) is 10.6 Å². The lowest BCUT2D eigenvalue weighted by molar-refractivity contribution is -0.125. The molecule has 1 aromatic carbocycles. The van der Waals surface area contributed by atoms with Gasteiger partial charge in [0.05, 0.1) is 17.4 Å². The van der Waals surface area contributed by atoms with Crippen molar-refractivity contribution in [1.29, 1.82) is 0 Å². The molecule has 0 spiro atoms. The summed E-state index contributed by atoms with van der Waals surface area (Å²) in [4.78, 5) is 22.3. The Balaban J connectivity index is 2.04. The third kappa shape index (κ3) is 3.37. The molecule has 1 aromatic rings. The summed E-state index contributed by atoms with van der Waals surface area (Å²) in [7, 11) is -3.74. The molecule has 1 unspecified atom stereocenters. The fourth-order valence-electron chi connectivity index (χ4n) is 1.79. The Morgan fingerprint density at radius 3 is 2.68 bits per heavy atom. The molecule has 0 aliphatic carbocycles. The molecule has 0 saturated carbocycles. The first-order chi connectivity index (χ1) is 8.86. The average Bonchev–Trinajstić information content (AvgIpc) is 2.64. The molecule has 0 aromatic heterocycles. The summed E-state index contributed by atoms with van der Waals surface area (Å²) in [6.07, 6.45) is 0.0910. The number of carbonyl (C=O) groups excluding carboxylic acids is 2. The maximum absolute atomic E-state index is 11.3. The van der Waals surface area contributed by atoms with Gasteiger partial charge >= 0.3 is 0 Å². The lowest BCUT2D eigenvalue weighted by Gasteiger charge is -2.09. The SMILES string of the molecule is NS(=O)(=O)c1cccc(CNC2CC(=O)NC2=O)c1. The fraction of sp³-hybridized carbons (Fsp3) is 0.273. The van der Waals surface area contributed by atoms with Gasteiger partial charge in [0, 0.05) is 6.54 Å².